The van der Waals surface area contributed by atoms with Gasteiger partial charge in [0, 0.05) is 6.54 Å². The number of hydrogen-bond acceptors (Lipinski definition) is 5. The zero-order valence-corrected chi connectivity index (χ0v) is 17.0. The van der Waals surface area contributed by atoms with Crippen LogP contribution in [0.1, 0.15) is 25.7 Å². The zero-order valence-electron chi connectivity index (χ0n) is 15.4. The Kier molecular flexibility index (Phi) is 6.15. The summed E-state index contributed by atoms with van der Waals surface area (Å²) in [5.41, 5.74) is 0. The van der Waals surface area contributed by atoms with Gasteiger partial charge in [-0.05, 0) is 50.2 Å². The average Bonchev–Trinajstić information content (AvgIpc) is 3.08. The van der Waals surface area contributed by atoms with Crippen molar-refractivity contribution in [3.05, 3.63) is 64.9 Å². The normalized spacial score (nSPS) is 12.7. The fourth-order valence-electron chi connectivity index (χ4n) is 2.64. The van der Waals surface area contributed by atoms with Crippen LogP contribution in [0.5, 0.6) is 11.8 Å². The molecule has 0 fully saturated rings. The van der Waals surface area contributed by atoms with E-state index in [1.807, 2.05) is 0 Å². The smallest absolute Gasteiger partial charge is 0.322 e. The molecule has 29 heavy (non-hydrogen) atoms. The average molecular weight is 443 g/mol. The van der Waals surface area contributed by atoms with Gasteiger partial charge in [0.15, 0.2) is 11.6 Å². The second-order valence-corrected chi connectivity index (χ2v) is 8.13. The van der Waals surface area contributed by atoms with Crippen LogP contribution in [0.4, 0.5) is 8.78 Å². The Morgan fingerprint density at radius 2 is 1.86 bits per heavy atom. The second kappa shape index (κ2) is 8.44. The van der Waals surface area contributed by atoms with Crippen LogP contribution in [0.25, 0.3) is 0 Å². The standard InChI is InChI=1S/C18H17ClF2N4O3S/c1-3-25-17(22-23-18(25)28-13-9-7-12(20)8-10-13)11(2)24-29(26,27)15-6-4-5-14(19)16(15)21/h4-11,24H,3H2,1-2H3/t11-/m1/s1. The summed E-state index contributed by atoms with van der Waals surface area (Å²) in [6.07, 6.45) is 0. The van der Waals surface area contributed by atoms with E-state index in [1.165, 1.54) is 43.3 Å². The van der Waals surface area contributed by atoms with Gasteiger partial charge in [0.1, 0.15) is 16.5 Å². The second-order valence-electron chi connectivity index (χ2n) is 6.04. The monoisotopic (exact) mass is 442 g/mol. The molecule has 7 nitrogen and oxygen atoms in total. The quantitative estimate of drug-likeness (QED) is 0.596. The summed E-state index contributed by atoms with van der Waals surface area (Å²) in [5, 5.41) is 7.61. The number of nitrogens with zero attached hydrogens (tertiary/aromatic N) is 3. The van der Waals surface area contributed by atoms with Crippen molar-refractivity contribution >= 4 is 21.6 Å². The van der Waals surface area contributed by atoms with E-state index < -0.39 is 32.6 Å². The Hall–Kier alpha value is -2.56. The third-order valence-corrected chi connectivity index (χ3v) is 5.86. The summed E-state index contributed by atoms with van der Waals surface area (Å²) >= 11 is 5.68. The summed E-state index contributed by atoms with van der Waals surface area (Å²) in [5.74, 6) is -0.845. The lowest BCUT2D eigenvalue weighted by Crippen LogP contribution is -2.29. The van der Waals surface area contributed by atoms with Crippen LogP contribution in [-0.2, 0) is 16.6 Å². The van der Waals surface area contributed by atoms with E-state index in [-0.39, 0.29) is 16.9 Å². The summed E-state index contributed by atoms with van der Waals surface area (Å²) in [4.78, 5) is -0.567. The van der Waals surface area contributed by atoms with Crippen LogP contribution in [0.15, 0.2) is 47.4 Å². The predicted octanol–water partition coefficient (Wildman–Crippen LogP) is 4.06. The van der Waals surface area contributed by atoms with Gasteiger partial charge in [-0.1, -0.05) is 22.8 Å². The third kappa shape index (κ3) is 4.55. The largest absolute Gasteiger partial charge is 0.424 e. The number of nitrogens with one attached hydrogen (secondary N) is 1. The molecule has 0 bridgehead atoms. The van der Waals surface area contributed by atoms with Gasteiger partial charge in [-0.25, -0.2) is 21.9 Å². The number of rotatable bonds is 7. The minimum atomic E-state index is -4.21. The summed E-state index contributed by atoms with van der Waals surface area (Å²) in [6.45, 7) is 3.70. The van der Waals surface area contributed by atoms with Gasteiger partial charge in [0.25, 0.3) is 0 Å². The highest BCUT2D eigenvalue weighted by atomic mass is 35.5. The Bertz CT molecular complexity index is 1120. The van der Waals surface area contributed by atoms with Crippen LogP contribution in [0.2, 0.25) is 5.02 Å². The molecule has 1 N–H and O–H groups in total. The van der Waals surface area contributed by atoms with Crippen molar-refractivity contribution in [3.8, 4) is 11.8 Å². The first-order valence-electron chi connectivity index (χ1n) is 8.55. The van der Waals surface area contributed by atoms with Crippen LogP contribution in [0.3, 0.4) is 0 Å². The lowest BCUT2D eigenvalue weighted by Gasteiger charge is -2.16. The minimum absolute atomic E-state index is 0.106. The molecule has 0 unspecified atom stereocenters. The molecule has 0 aliphatic rings. The SMILES string of the molecule is CCn1c(Oc2ccc(F)cc2)nnc1[C@@H](C)NS(=O)(=O)c1cccc(Cl)c1F. The molecule has 2 aromatic carbocycles. The summed E-state index contributed by atoms with van der Waals surface area (Å²) in [7, 11) is -4.21. The van der Waals surface area contributed by atoms with E-state index in [2.05, 4.69) is 14.9 Å². The Morgan fingerprint density at radius 1 is 1.17 bits per heavy atom. The number of benzene rings is 2. The van der Waals surface area contributed by atoms with Crippen molar-refractivity contribution in [1.82, 2.24) is 19.5 Å². The van der Waals surface area contributed by atoms with E-state index in [4.69, 9.17) is 16.3 Å². The number of halogens is 3. The van der Waals surface area contributed by atoms with Crippen LogP contribution < -0.4 is 9.46 Å². The molecule has 0 saturated carbocycles. The number of sulfonamides is 1. The van der Waals surface area contributed by atoms with Gasteiger partial charge >= 0.3 is 6.01 Å². The molecule has 3 rings (SSSR count). The van der Waals surface area contributed by atoms with E-state index >= 15 is 0 Å². The lowest BCUT2D eigenvalue weighted by molar-refractivity contribution is 0.407. The molecule has 11 heteroatoms. The third-order valence-electron chi connectivity index (χ3n) is 4.01. The fourth-order valence-corrected chi connectivity index (χ4v) is 4.17. The van der Waals surface area contributed by atoms with E-state index in [0.29, 0.717) is 12.3 Å². The molecular weight excluding hydrogens is 426 g/mol. The maximum Gasteiger partial charge on any atom is 0.322 e. The molecule has 1 aromatic heterocycles. The van der Waals surface area contributed by atoms with Crippen molar-refractivity contribution in [2.45, 2.75) is 31.3 Å². The maximum atomic E-state index is 14.1. The van der Waals surface area contributed by atoms with Gasteiger partial charge in [-0.15, -0.1) is 5.10 Å². The molecule has 0 aliphatic carbocycles. The van der Waals surface area contributed by atoms with Crippen molar-refractivity contribution in [1.29, 1.82) is 0 Å². The van der Waals surface area contributed by atoms with Gasteiger partial charge in [0.2, 0.25) is 10.0 Å². The number of aromatic nitrogens is 3. The number of ether oxygens (including phenoxy) is 1. The van der Waals surface area contributed by atoms with Gasteiger partial charge < -0.3 is 4.74 Å². The van der Waals surface area contributed by atoms with Crippen molar-refractivity contribution in [2.75, 3.05) is 0 Å². The molecule has 0 aliphatic heterocycles. The molecule has 1 heterocycles. The first-order valence-corrected chi connectivity index (χ1v) is 10.4. The molecule has 1 atom stereocenters. The molecular formula is C18H17ClF2N4O3S. The topological polar surface area (TPSA) is 86.1 Å². The highest BCUT2D eigenvalue weighted by Crippen LogP contribution is 2.26. The molecule has 0 spiro atoms. The Labute approximate surface area is 171 Å². The van der Waals surface area contributed by atoms with Gasteiger partial charge in [-0.3, -0.25) is 4.57 Å². The van der Waals surface area contributed by atoms with Gasteiger partial charge in [-0.2, -0.15) is 0 Å². The molecule has 0 saturated heterocycles. The number of hydrogen-bond donors (Lipinski definition) is 1. The maximum absolute atomic E-state index is 14.1. The van der Waals surface area contributed by atoms with E-state index in [0.717, 1.165) is 6.07 Å². The first kappa shape index (κ1) is 21.2. The zero-order chi connectivity index (χ0) is 21.2. The van der Waals surface area contributed by atoms with E-state index in [1.54, 1.807) is 11.5 Å². The molecule has 154 valence electrons. The minimum Gasteiger partial charge on any atom is -0.424 e. The molecule has 0 amide bonds. The predicted molar refractivity (Wildman–Crippen MR) is 102 cm³/mol. The van der Waals surface area contributed by atoms with E-state index in [9.17, 15) is 17.2 Å². The van der Waals surface area contributed by atoms with Crippen molar-refractivity contribution in [3.63, 3.8) is 0 Å². The van der Waals surface area contributed by atoms with Gasteiger partial charge in [0.05, 0.1) is 11.1 Å². The summed E-state index contributed by atoms with van der Waals surface area (Å²) < 4.78 is 61.9. The molecule has 3 aromatic rings. The first-order chi connectivity index (χ1) is 13.7. The van der Waals surface area contributed by atoms with Crippen LogP contribution in [0, 0.1) is 11.6 Å². The highest BCUT2D eigenvalue weighted by Gasteiger charge is 2.26. The highest BCUT2D eigenvalue weighted by molar-refractivity contribution is 7.89. The van der Waals surface area contributed by atoms with Crippen molar-refractivity contribution < 1.29 is 21.9 Å². The molecule has 0 radical (unpaired) electrons. The van der Waals surface area contributed by atoms with Crippen LogP contribution in [-0.4, -0.2) is 23.2 Å². The lowest BCUT2D eigenvalue weighted by atomic mass is 10.3. The Morgan fingerprint density at radius 3 is 2.52 bits per heavy atom. The van der Waals surface area contributed by atoms with Crippen LogP contribution >= 0.6 is 11.6 Å². The van der Waals surface area contributed by atoms with Crippen molar-refractivity contribution in [2.24, 2.45) is 0 Å². The summed E-state index contributed by atoms with van der Waals surface area (Å²) in [6, 6.07) is 8.29. The fraction of sp³-hybridized carbons (Fsp3) is 0.222. The Balaban J connectivity index is 1.85.